The van der Waals surface area contributed by atoms with Crippen molar-refractivity contribution in [2.75, 3.05) is 5.32 Å². The molecule has 6 heteroatoms. The molecular weight excluding hydrogens is 400 g/mol. The summed E-state index contributed by atoms with van der Waals surface area (Å²) in [5, 5.41) is 12.6. The number of nitrogens with one attached hydrogen (secondary N) is 1. The quantitative estimate of drug-likeness (QED) is 0.758. The third-order valence-electron chi connectivity index (χ3n) is 3.11. The van der Waals surface area contributed by atoms with Crippen molar-refractivity contribution in [2.45, 2.75) is 6.23 Å². The third kappa shape index (κ3) is 2.79. The first-order valence-corrected chi connectivity index (χ1v) is 7.76. The molecule has 106 valence electrons. The number of amides is 1. The summed E-state index contributed by atoms with van der Waals surface area (Å²) in [6.07, 6.45) is -1.43. The second kappa shape index (κ2) is 5.71. The molecule has 1 aliphatic heterocycles. The summed E-state index contributed by atoms with van der Waals surface area (Å²) in [6, 6.07) is 13.0. The predicted octanol–water partition coefficient (Wildman–Crippen LogP) is 3.32. The van der Waals surface area contributed by atoms with Crippen LogP contribution in [0.3, 0.4) is 0 Å². The van der Waals surface area contributed by atoms with E-state index in [2.05, 4.69) is 42.2 Å². The molecule has 2 aromatic rings. The third-order valence-corrected chi connectivity index (χ3v) is 4.29. The Morgan fingerprint density at radius 1 is 1.10 bits per heavy atom. The van der Waals surface area contributed by atoms with Gasteiger partial charge in [-0.1, -0.05) is 50.1 Å². The van der Waals surface area contributed by atoms with Gasteiger partial charge in [0.15, 0.2) is 0 Å². The van der Waals surface area contributed by atoms with E-state index in [-0.39, 0.29) is 0 Å². The van der Waals surface area contributed by atoms with Crippen molar-refractivity contribution >= 4 is 49.2 Å². The van der Waals surface area contributed by atoms with Gasteiger partial charge in [0.05, 0.1) is 11.4 Å². The second-order valence-corrected chi connectivity index (χ2v) is 6.28. The molecule has 1 heterocycles. The molecule has 3 rings (SSSR count). The first-order chi connectivity index (χ1) is 10.1. The standard InChI is InChI=1S/C15H10Br2N2O2/c16-8-5-6-12-10(7-8)13(19-15(21)14(20)18-12)9-3-1-2-4-11(9)17/h1-7,15,21H,(H,18,20). The number of nitrogens with zero attached hydrogens (tertiary/aromatic N) is 1. The average Bonchev–Trinajstić information content (AvgIpc) is 2.58. The number of fused-ring (bicyclic) bond motifs is 1. The predicted molar refractivity (Wildman–Crippen MR) is 88.6 cm³/mol. The molecule has 0 saturated carbocycles. The van der Waals surface area contributed by atoms with Crippen molar-refractivity contribution in [1.82, 2.24) is 0 Å². The fourth-order valence-electron chi connectivity index (χ4n) is 2.14. The molecule has 1 unspecified atom stereocenters. The molecule has 4 nitrogen and oxygen atoms in total. The maximum Gasteiger partial charge on any atom is 0.276 e. The normalized spacial score (nSPS) is 17.6. The summed E-state index contributed by atoms with van der Waals surface area (Å²) in [5.41, 5.74) is 2.74. The molecule has 0 saturated heterocycles. The zero-order chi connectivity index (χ0) is 15.0. The number of benzene rings is 2. The largest absolute Gasteiger partial charge is 0.364 e. The van der Waals surface area contributed by atoms with Gasteiger partial charge in [-0.3, -0.25) is 4.79 Å². The summed E-state index contributed by atoms with van der Waals surface area (Å²) in [4.78, 5) is 16.0. The van der Waals surface area contributed by atoms with Crippen molar-refractivity contribution in [3.05, 3.63) is 62.5 Å². The Hall–Kier alpha value is -1.50. The molecule has 21 heavy (non-hydrogen) atoms. The number of aliphatic imine (C=N–C) groups is 1. The number of aliphatic hydroxyl groups excluding tert-OH is 1. The number of rotatable bonds is 1. The Morgan fingerprint density at radius 3 is 2.62 bits per heavy atom. The Labute approximate surface area is 138 Å². The molecule has 0 aromatic heterocycles. The van der Waals surface area contributed by atoms with Gasteiger partial charge >= 0.3 is 0 Å². The maximum absolute atomic E-state index is 11.8. The van der Waals surface area contributed by atoms with E-state index in [1.165, 1.54) is 0 Å². The van der Waals surface area contributed by atoms with E-state index in [1.54, 1.807) is 6.07 Å². The topological polar surface area (TPSA) is 61.7 Å². The minimum Gasteiger partial charge on any atom is -0.364 e. The van der Waals surface area contributed by atoms with Crippen LogP contribution >= 0.6 is 31.9 Å². The molecule has 1 aliphatic rings. The zero-order valence-corrected chi connectivity index (χ0v) is 13.8. The van der Waals surface area contributed by atoms with Crippen LogP contribution in [0.1, 0.15) is 11.1 Å². The number of halogens is 2. The van der Waals surface area contributed by atoms with E-state index in [0.29, 0.717) is 11.4 Å². The van der Waals surface area contributed by atoms with Gasteiger partial charge < -0.3 is 10.4 Å². The highest BCUT2D eigenvalue weighted by Crippen LogP contribution is 2.29. The summed E-state index contributed by atoms with van der Waals surface area (Å²) in [6.45, 7) is 0. The molecule has 1 amide bonds. The lowest BCUT2D eigenvalue weighted by atomic mass is 10.0. The number of benzodiazepines with no additional fused rings is 1. The van der Waals surface area contributed by atoms with Crippen LogP contribution in [0.4, 0.5) is 5.69 Å². The highest BCUT2D eigenvalue weighted by Gasteiger charge is 2.24. The number of carbonyl (C=O) groups excluding carboxylic acids is 1. The fraction of sp³-hybridized carbons (Fsp3) is 0.0667. The van der Waals surface area contributed by atoms with Crippen LogP contribution in [0.2, 0.25) is 0 Å². The van der Waals surface area contributed by atoms with Crippen molar-refractivity contribution in [1.29, 1.82) is 0 Å². The fourth-order valence-corrected chi connectivity index (χ4v) is 2.97. The summed E-state index contributed by atoms with van der Waals surface area (Å²) >= 11 is 6.91. The first-order valence-electron chi connectivity index (χ1n) is 6.18. The van der Waals surface area contributed by atoms with Gasteiger partial charge in [-0.15, -0.1) is 0 Å². The van der Waals surface area contributed by atoms with Crippen molar-refractivity contribution in [3.8, 4) is 0 Å². The number of carbonyl (C=O) groups is 1. The van der Waals surface area contributed by atoms with Crippen LogP contribution in [0.15, 0.2) is 56.4 Å². The summed E-state index contributed by atoms with van der Waals surface area (Å²) in [7, 11) is 0. The van der Waals surface area contributed by atoms with Crippen LogP contribution in [0.25, 0.3) is 0 Å². The molecule has 0 spiro atoms. The zero-order valence-electron chi connectivity index (χ0n) is 10.7. The van der Waals surface area contributed by atoms with Crippen LogP contribution < -0.4 is 5.32 Å². The number of hydrogen-bond donors (Lipinski definition) is 2. The van der Waals surface area contributed by atoms with E-state index in [9.17, 15) is 9.90 Å². The van der Waals surface area contributed by atoms with Crippen molar-refractivity contribution in [2.24, 2.45) is 4.99 Å². The smallest absolute Gasteiger partial charge is 0.276 e. The van der Waals surface area contributed by atoms with Crippen LogP contribution in [-0.4, -0.2) is 23.0 Å². The van der Waals surface area contributed by atoms with Gasteiger partial charge in [0.1, 0.15) is 0 Å². The highest BCUT2D eigenvalue weighted by molar-refractivity contribution is 9.10. The van der Waals surface area contributed by atoms with Gasteiger partial charge in [-0.2, -0.15) is 0 Å². The molecule has 0 aliphatic carbocycles. The van der Waals surface area contributed by atoms with Gasteiger partial charge in [0.2, 0.25) is 6.23 Å². The van der Waals surface area contributed by atoms with E-state index in [1.807, 2.05) is 36.4 Å². The SMILES string of the molecule is O=C1Nc2ccc(Br)cc2C(c2ccccc2Br)=NC1O. The Kier molecular flexibility index (Phi) is 3.93. The molecule has 2 aromatic carbocycles. The van der Waals surface area contributed by atoms with E-state index in [4.69, 9.17) is 0 Å². The second-order valence-electron chi connectivity index (χ2n) is 4.51. The minimum absolute atomic E-state index is 0.541. The Morgan fingerprint density at radius 2 is 1.86 bits per heavy atom. The van der Waals surface area contributed by atoms with Gasteiger partial charge in [-0.05, 0) is 24.3 Å². The molecule has 0 radical (unpaired) electrons. The van der Waals surface area contributed by atoms with Gasteiger partial charge in [0, 0.05) is 20.1 Å². The lowest BCUT2D eigenvalue weighted by molar-refractivity contribution is -0.123. The van der Waals surface area contributed by atoms with Crippen molar-refractivity contribution in [3.63, 3.8) is 0 Å². The number of hydrogen-bond acceptors (Lipinski definition) is 3. The molecular formula is C15H10Br2N2O2. The first kappa shape index (κ1) is 14.4. The van der Waals surface area contributed by atoms with Crippen LogP contribution in [-0.2, 0) is 4.79 Å². The van der Waals surface area contributed by atoms with E-state index in [0.717, 1.165) is 20.1 Å². The lowest BCUT2D eigenvalue weighted by Gasteiger charge is -2.11. The number of anilines is 1. The summed E-state index contributed by atoms with van der Waals surface area (Å²) in [5.74, 6) is -0.541. The maximum atomic E-state index is 11.8. The molecule has 2 N–H and O–H groups in total. The van der Waals surface area contributed by atoms with E-state index >= 15 is 0 Å². The minimum atomic E-state index is -1.43. The molecule has 0 fully saturated rings. The number of aliphatic hydroxyl groups is 1. The highest BCUT2D eigenvalue weighted by atomic mass is 79.9. The Balaban J connectivity index is 2.27. The van der Waals surface area contributed by atoms with E-state index < -0.39 is 12.1 Å². The van der Waals surface area contributed by atoms with Gasteiger partial charge in [-0.25, -0.2) is 4.99 Å². The molecule has 1 atom stereocenters. The van der Waals surface area contributed by atoms with Gasteiger partial charge in [0.25, 0.3) is 5.91 Å². The monoisotopic (exact) mass is 408 g/mol. The lowest BCUT2D eigenvalue weighted by Crippen LogP contribution is -2.24. The average molecular weight is 410 g/mol. The Bertz CT molecular complexity index is 759. The summed E-state index contributed by atoms with van der Waals surface area (Å²) < 4.78 is 1.71. The molecule has 0 bridgehead atoms. The van der Waals surface area contributed by atoms with Crippen molar-refractivity contribution < 1.29 is 9.90 Å². The van der Waals surface area contributed by atoms with Crippen LogP contribution in [0, 0.1) is 0 Å². The van der Waals surface area contributed by atoms with Crippen LogP contribution in [0.5, 0.6) is 0 Å².